The van der Waals surface area contributed by atoms with Crippen molar-refractivity contribution in [3.63, 3.8) is 0 Å². The third-order valence-corrected chi connectivity index (χ3v) is 5.64. The van der Waals surface area contributed by atoms with Gasteiger partial charge in [-0.25, -0.2) is 9.67 Å². The molecule has 0 aliphatic heterocycles. The Balaban J connectivity index is 1.69. The van der Waals surface area contributed by atoms with Gasteiger partial charge in [0.2, 0.25) is 0 Å². The summed E-state index contributed by atoms with van der Waals surface area (Å²) in [6.45, 7) is 10.4. The first-order valence-corrected chi connectivity index (χ1v) is 10.4. The number of carbonyl (C=O) groups is 1. The zero-order valence-electron chi connectivity index (χ0n) is 18.8. The monoisotopic (exact) mass is 417 g/mol. The van der Waals surface area contributed by atoms with Crippen LogP contribution in [0.3, 0.4) is 0 Å². The molecule has 0 fully saturated rings. The Hall–Kier alpha value is -3.48. The summed E-state index contributed by atoms with van der Waals surface area (Å²) in [6.07, 6.45) is 0. The molecule has 1 amide bonds. The Labute approximate surface area is 181 Å². The molecule has 160 valence electrons. The quantitative estimate of drug-likeness (QED) is 0.469. The molecular formula is C24H27N5O2. The average molecular weight is 418 g/mol. The zero-order valence-corrected chi connectivity index (χ0v) is 18.8. The molecule has 0 atom stereocenters. The summed E-state index contributed by atoms with van der Waals surface area (Å²) in [5.74, 6) is 0.0760. The summed E-state index contributed by atoms with van der Waals surface area (Å²) in [5.41, 5.74) is 6.42. The van der Waals surface area contributed by atoms with Gasteiger partial charge in [0, 0.05) is 30.5 Å². The van der Waals surface area contributed by atoms with Gasteiger partial charge >= 0.3 is 0 Å². The van der Waals surface area contributed by atoms with E-state index in [4.69, 9.17) is 9.62 Å². The molecular weight excluding hydrogens is 390 g/mol. The first-order chi connectivity index (χ1) is 14.8. The van der Waals surface area contributed by atoms with Gasteiger partial charge in [-0.2, -0.15) is 5.10 Å². The molecule has 0 aliphatic carbocycles. The molecule has 4 aromatic rings. The number of hydrogen-bond acceptors (Lipinski definition) is 5. The van der Waals surface area contributed by atoms with Crippen LogP contribution in [0.5, 0.6) is 0 Å². The van der Waals surface area contributed by atoms with E-state index in [0.717, 1.165) is 28.3 Å². The molecule has 3 aromatic heterocycles. The van der Waals surface area contributed by atoms with Crippen molar-refractivity contribution in [2.45, 2.75) is 47.1 Å². The minimum atomic E-state index is -0.0909. The zero-order chi connectivity index (χ0) is 22.3. The number of amides is 1. The van der Waals surface area contributed by atoms with Gasteiger partial charge < -0.3 is 9.42 Å². The summed E-state index contributed by atoms with van der Waals surface area (Å²) < 4.78 is 7.30. The van der Waals surface area contributed by atoms with E-state index >= 15 is 0 Å². The van der Waals surface area contributed by atoms with Gasteiger partial charge in [-0.15, -0.1) is 0 Å². The first-order valence-electron chi connectivity index (χ1n) is 10.4. The fraction of sp³-hybridized carbons (Fsp3) is 0.333. The highest BCUT2D eigenvalue weighted by Gasteiger charge is 2.24. The van der Waals surface area contributed by atoms with Gasteiger partial charge in [-0.3, -0.25) is 4.79 Å². The van der Waals surface area contributed by atoms with Crippen LogP contribution in [0, 0.1) is 20.8 Å². The standard InChI is InChI=1S/C24H27N5O2/c1-14(2)21-12-19(22-16(4)27-31-23(22)25-21)24(30)28(6)13-20-15(3)26-29(17(20)5)18-10-8-7-9-11-18/h7-12,14H,13H2,1-6H3. The topological polar surface area (TPSA) is 77.0 Å². The van der Waals surface area contributed by atoms with E-state index < -0.39 is 0 Å². The van der Waals surface area contributed by atoms with Crippen LogP contribution >= 0.6 is 0 Å². The lowest BCUT2D eigenvalue weighted by Crippen LogP contribution is -2.27. The van der Waals surface area contributed by atoms with E-state index in [-0.39, 0.29) is 11.8 Å². The van der Waals surface area contributed by atoms with Gasteiger partial charge in [0.1, 0.15) is 0 Å². The van der Waals surface area contributed by atoms with Crippen LogP contribution < -0.4 is 0 Å². The van der Waals surface area contributed by atoms with Crippen LogP contribution in [0.15, 0.2) is 40.9 Å². The van der Waals surface area contributed by atoms with Crippen LogP contribution in [0.4, 0.5) is 0 Å². The molecule has 0 aliphatic rings. The van der Waals surface area contributed by atoms with E-state index in [9.17, 15) is 4.79 Å². The summed E-state index contributed by atoms with van der Waals surface area (Å²) in [7, 11) is 1.81. The highest BCUT2D eigenvalue weighted by Crippen LogP contribution is 2.27. The van der Waals surface area contributed by atoms with E-state index in [1.165, 1.54) is 0 Å². The molecule has 31 heavy (non-hydrogen) atoms. The number of fused-ring (bicyclic) bond motifs is 1. The lowest BCUT2D eigenvalue weighted by Gasteiger charge is -2.19. The van der Waals surface area contributed by atoms with Crippen LogP contribution in [-0.4, -0.2) is 37.8 Å². The van der Waals surface area contributed by atoms with Crippen molar-refractivity contribution in [1.29, 1.82) is 0 Å². The summed E-state index contributed by atoms with van der Waals surface area (Å²) >= 11 is 0. The third kappa shape index (κ3) is 3.71. The minimum Gasteiger partial charge on any atom is -0.337 e. The molecule has 3 heterocycles. The highest BCUT2D eigenvalue weighted by atomic mass is 16.5. The molecule has 0 unspecified atom stereocenters. The van der Waals surface area contributed by atoms with Crippen molar-refractivity contribution in [3.05, 3.63) is 70.3 Å². The summed E-state index contributed by atoms with van der Waals surface area (Å²) in [4.78, 5) is 19.7. The van der Waals surface area contributed by atoms with Gasteiger partial charge in [-0.1, -0.05) is 37.2 Å². The Kier molecular flexibility index (Phi) is 5.35. The highest BCUT2D eigenvalue weighted by molar-refractivity contribution is 6.06. The van der Waals surface area contributed by atoms with Gasteiger partial charge in [-0.05, 0) is 44.9 Å². The van der Waals surface area contributed by atoms with Crippen molar-refractivity contribution in [1.82, 2.24) is 24.8 Å². The molecule has 0 saturated carbocycles. The van der Waals surface area contributed by atoms with Crippen LogP contribution in [0.2, 0.25) is 0 Å². The second-order valence-corrected chi connectivity index (χ2v) is 8.26. The van der Waals surface area contributed by atoms with Crippen LogP contribution in [0.1, 0.15) is 58.5 Å². The molecule has 0 spiro atoms. The van der Waals surface area contributed by atoms with Gasteiger partial charge in [0.25, 0.3) is 11.6 Å². The number of para-hydroxylation sites is 1. The molecule has 0 N–H and O–H groups in total. The minimum absolute atomic E-state index is 0.0909. The van der Waals surface area contributed by atoms with E-state index in [1.54, 1.807) is 4.90 Å². The first kappa shape index (κ1) is 20.8. The molecule has 0 bridgehead atoms. The second-order valence-electron chi connectivity index (χ2n) is 8.26. The second kappa shape index (κ2) is 7.98. The number of pyridine rings is 1. The molecule has 0 saturated heterocycles. The fourth-order valence-electron chi connectivity index (χ4n) is 3.82. The number of nitrogens with zero attached hydrogens (tertiary/aromatic N) is 5. The van der Waals surface area contributed by atoms with Crippen LogP contribution in [-0.2, 0) is 6.54 Å². The number of rotatable bonds is 5. The largest absolute Gasteiger partial charge is 0.337 e. The third-order valence-electron chi connectivity index (χ3n) is 5.64. The lowest BCUT2D eigenvalue weighted by atomic mass is 10.0. The maximum atomic E-state index is 13.5. The Morgan fingerprint density at radius 3 is 2.52 bits per heavy atom. The van der Waals surface area contributed by atoms with Crippen molar-refractivity contribution >= 4 is 17.0 Å². The molecule has 7 heteroatoms. The van der Waals surface area contributed by atoms with Crippen molar-refractivity contribution in [2.24, 2.45) is 0 Å². The lowest BCUT2D eigenvalue weighted by molar-refractivity contribution is 0.0786. The number of aryl methyl sites for hydroxylation is 2. The Morgan fingerprint density at radius 2 is 1.84 bits per heavy atom. The Morgan fingerprint density at radius 1 is 1.13 bits per heavy atom. The van der Waals surface area contributed by atoms with E-state index in [2.05, 4.69) is 10.1 Å². The molecule has 0 radical (unpaired) electrons. The maximum Gasteiger partial charge on any atom is 0.259 e. The van der Waals surface area contributed by atoms with Gasteiger partial charge in [0.05, 0.1) is 28.0 Å². The number of carbonyl (C=O) groups excluding carboxylic acids is 1. The summed E-state index contributed by atoms with van der Waals surface area (Å²) in [5, 5.41) is 9.40. The van der Waals surface area contributed by atoms with Crippen molar-refractivity contribution in [2.75, 3.05) is 7.05 Å². The summed E-state index contributed by atoms with van der Waals surface area (Å²) in [6, 6.07) is 11.9. The fourth-order valence-corrected chi connectivity index (χ4v) is 3.82. The predicted molar refractivity (Wildman–Crippen MR) is 119 cm³/mol. The van der Waals surface area contributed by atoms with Crippen LogP contribution in [0.25, 0.3) is 16.8 Å². The Bertz CT molecular complexity index is 1250. The van der Waals surface area contributed by atoms with Gasteiger partial charge in [0.15, 0.2) is 0 Å². The predicted octanol–water partition coefficient (Wildman–Crippen LogP) is 4.73. The van der Waals surface area contributed by atoms with Crippen molar-refractivity contribution in [3.8, 4) is 5.69 Å². The number of aromatic nitrogens is 4. The molecule has 1 aromatic carbocycles. The maximum absolute atomic E-state index is 13.5. The smallest absolute Gasteiger partial charge is 0.259 e. The SMILES string of the molecule is Cc1nn(-c2ccccc2)c(C)c1CN(C)C(=O)c1cc(C(C)C)nc2onc(C)c12. The number of hydrogen-bond donors (Lipinski definition) is 0. The normalized spacial score (nSPS) is 11.5. The average Bonchev–Trinajstić information content (AvgIpc) is 3.27. The molecule has 4 rings (SSSR count). The molecule has 7 nitrogen and oxygen atoms in total. The van der Waals surface area contributed by atoms with E-state index in [0.29, 0.717) is 28.9 Å². The van der Waals surface area contributed by atoms with Crippen molar-refractivity contribution < 1.29 is 9.32 Å². The number of benzene rings is 1. The van der Waals surface area contributed by atoms with E-state index in [1.807, 2.05) is 82.7 Å².